The fourth-order valence-corrected chi connectivity index (χ4v) is 1.95. The fourth-order valence-electron chi connectivity index (χ4n) is 1.65. The number of nitrogens with zero attached hydrogens (tertiary/aromatic N) is 1. The van der Waals surface area contributed by atoms with Gasteiger partial charge in [-0.05, 0) is 42.3 Å². The summed E-state index contributed by atoms with van der Waals surface area (Å²) >= 11 is 11.7. The molecule has 0 bridgehead atoms. The van der Waals surface area contributed by atoms with E-state index in [0.717, 1.165) is 0 Å². The van der Waals surface area contributed by atoms with E-state index in [0.29, 0.717) is 27.7 Å². The van der Waals surface area contributed by atoms with Crippen molar-refractivity contribution in [3.05, 3.63) is 63.6 Å². The third-order valence-electron chi connectivity index (χ3n) is 2.58. The van der Waals surface area contributed by atoms with Crippen molar-refractivity contribution in [3.63, 3.8) is 0 Å². The summed E-state index contributed by atoms with van der Waals surface area (Å²) in [4.78, 5) is 4.13. The molecule has 2 N–H and O–H groups in total. The second-order valence-electron chi connectivity index (χ2n) is 3.95. The standard InChI is InChI=1S/C13H11Cl2FN2/c14-9-1-4-13(18-7-9)12(17)6-8-5-10(16)2-3-11(8)15/h1-5,7,12H,6,17H2. The maximum atomic E-state index is 13.1. The largest absolute Gasteiger partial charge is 0.322 e. The molecule has 2 nitrogen and oxygen atoms in total. The van der Waals surface area contributed by atoms with E-state index in [1.165, 1.54) is 24.4 Å². The molecule has 2 aromatic rings. The molecule has 18 heavy (non-hydrogen) atoms. The average molecular weight is 285 g/mol. The van der Waals surface area contributed by atoms with Crippen molar-refractivity contribution >= 4 is 23.2 Å². The summed E-state index contributed by atoms with van der Waals surface area (Å²) < 4.78 is 13.1. The molecule has 0 amide bonds. The molecular formula is C13H11Cl2FN2. The van der Waals surface area contributed by atoms with Crippen LogP contribution in [-0.4, -0.2) is 4.98 Å². The van der Waals surface area contributed by atoms with Crippen molar-refractivity contribution in [2.24, 2.45) is 5.73 Å². The third-order valence-corrected chi connectivity index (χ3v) is 3.17. The van der Waals surface area contributed by atoms with E-state index in [1.807, 2.05) is 0 Å². The molecule has 94 valence electrons. The van der Waals surface area contributed by atoms with Crippen LogP contribution < -0.4 is 5.73 Å². The molecule has 1 unspecified atom stereocenters. The van der Waals surface area contributed by atoms with Gasteiger partial charge in [-0.2, -0.15) is 0 Å². The maximum Gasteiger partial charge on any atom is 0.123 e. The van der Waals surface area contributed by atoms with Gasteiger partial charge in [-0.1, -0.05) is 23.2 Å². The van der Waals surface area contributed by atoms with E-state index in [-0.39, 0.29) is 11.9 Å². The zero-order chi connectivity index (χ0) is 13.1. The van der Waals surface area contributed by atoms with Crippen LogP contribution in [0.25, 0.3) is 0 Å². The Kier molecular flexibility index (Phi) is 4.17. The number of hydrogen-bond acceptors (Lipinski definition) is 2. The summed E-state index contributed by atoms with van der Waals surface area (Å²) in [6, 6.07) is 7.35. The molecule has 1 atom stereocenters. The highest BCUT2D eigenvalue weighted by molar-refractivity contribution is 6.31. The molecule has 5 heteroatoms. The van der Waals surface area contributed by atoms with Crippen molar-refractivity contribution in [1.29, 1.82) is 0 Å². The van der Waals surface area contributed by atoms with Crippen molar-refractivity contribution in [1.82, 2.24) is 4.98 Å². The fraction of sp³-hybridized carbons (Fsp3) is 0.154. The summed E-state index contributed by atoms with van der Waals surface area (Å²) in [6.45, 7) is 0. The number of benzene rings is 1. The molecule has 1 aromatic carbocycles. The minimum Gasteiger partial charge on any atom is -0.322 e. The van der Waals surface area contributed by atoms with Crippen LogP contribution in [0.15, 0.2) is 36.5 Å². The van der Waals surface area contributed by atoms with Gasteiger partial charge < -0.3 is 5.73 Å². The van der Waals surface area contributed by atoms with Crippen LogP contribution >= 0.6 is 23.2 Å². The van der Waals surface area contributed by atoms with Gasteiger partial charge in [-0.15, -0.1) is 0 Å². The van der Waals surface area contributed by atoms with Crippen LogP contribution in [0.3, 0.4) is 0 Å². The number of aromatic nitrogens is 1. The lowest BCUT2D eigenvalue weighted by Crippen LogP contribution is -2.15. The third kappa shape index (κ3) is 3.19. The molecule has 0 fully saturated rings. The van der Waals surface area contributed by atoms with E-state index in [2.05, 4.69) is 4.98 Å². The highest BCUT2D eigenvalue weighted by Crippen LogP contribution is 2.22. The van der Waals surface area contributed by atoms with Gasteiger partial charge in [-0.25, -0.2) is 4.39 Å². The highest BCUT2D eigenvalue weighted by Gasteiger charge is 2.11. The molecule has 1 heterocycles. The predicted molar refractivity (Wildman–Crippen MR) is 71.3 cm³/mol. The molecule has 0 radical (unpaired) electrons. The number of halogens is 3. The lowest BCUT2D eigenvalue weighted by atomic mass is 10.0. The Morgan fingerprint density at radius 3 is 2.67 bits per heavy atom. The first-order valence-corrected chi connectivity index (χ1v) is 6.13. The van der Waals surface area contributed by atoms with Gasteiger partial charge in [0.2, 0.25) is 0 Å². The van der Waals surface area contributed by atoms with Crippen LogP contribution in [0, 0.1) is 5.82 Å². The Morgan fingerprint density at radius 1 is 1.22 bits per heavy atom. The summed E-state index contributed by atoms with van der Waals surface area (Å²) in [5.74, 6) is -0.328. The highest BCUT2D eigenvalue weighted by atomic mass is 35.5. The van der Waals surface area contributed by atoms with E-state index >= 15 is 0 Å². The Labute approximate surface area is 115 Å². The van der Waals surface area contributed by atoms with Gasteiger partial charge in [0, 0.05) is 11.2 Å². The summed E-state index contributed by atoms with van der Waals surface area (Å²) in [5.41, 5.74) is 7.37. The van der Waals surface area contributed by atoms with Crippen LogP contribution in [0.2, 0.25) is 10.0 Å². The first-order valence-electron chi connectivity index (χ1n) is 5.37. The van der Waals surface area contributed by atoms with Gasteiger partial charge in [0.1, 0.15) is 5.82 Å². The normalized spacial score (nSPS) is 12.4. The van der Waals surface area contributed by atoms with Crippen LogP contribution in [0.4, 0.5) is 4.39 Å². The van der Waals surface area contributed by atoms with Crippen molar-refractivity contribution in [2.75, 3.05) is 0 Å². The van der Waals surface area contributed by atoms with Crippen molar-refractivity contribution in [3.8, 4) is 0 Å². The van der Waals surface area contributed by atoms with Crippen molar-refractivity contribution in [2.45, 2.75) is 12.5 Å². The molecule has 0 saturated heterocycles. The lowest BCUT2D eigenvalue weighted by Gasteiger charge is -2.12. The maximum absolute atomic E-state index is 13.1. The molecule has 0 aliphatic carbocycles. The number of rotatable bonds is 3. The number of pyridine rings is 1. The van der Waals surface area contributed by atoms with Gasteiger partial charge in [0.25, 0.3) is 0 Å². The van der Waals surface area contributed by atoms with E-state index in [9.17, 15) is 4.39 Å². The first kappa shape index (κ1) is 13.3. The van der Waals surface area contributed by atoms with Crippen molar-refractivity contribution < 1.29 is 4.39 Å². The summed E-state index contributed by atoms with van der Waals surface area (Å²) in [6.07, 6.45) is 1.95. The predicted octanol–water partition coefficient (Wildman–Crippen LogP) is 3.77. The zero-order valence-corrected chi connectivity index (χ0v) is 10.9. The Balaban J connectivity index is 2.18. The minimum atomic E-state index is -0.346. The zero-order valence-electron chi connectivity index (χ0n) is 9.41. The lowest BCUT2D eigenvalue weighted by molar-refractivity contribution is 0.621. The molecule has 0 aliphatic rings. The second-order valence-corrected chi connectivity index (χ2v) is 4.79. The Bertz CT molecular complexity index is 543. The van der Waals surface area contributed by atoms with E-state index in [4.69, 9.17) is 28.9 Å². The van der Waals surface area contributed by atoms with E-state index in [1.54, 1.807) is 12.1 Å². The molecule has 2 rings (SSSR count). The minimum absolute atomic E-state index is 0.328. The summed E-state index contributed by atoms with van der Waals surface area (Å²) in [5, 5.41) is 1.05. The monoisotopic (exact) mass is 284 g/mol. The average Bonchev–Trinajstić information content (AvgIpc) is 2.34. The van der Waals surface area contributed by atoms with Crippen LogP contribution in [0.5, 0.6) is 0 Å². The van der Waals surface area contributed by atoms with Gasteiger partial charge in [0.15, 0.2) is 0 Å². The van der Waals surface area contributed by atoms with E-state index < -0.39 is 0 Å². The Hall–Kier alpha value is -1.16. The second kappa shape index (κ2) is 5.65. The van der Waals surface area contributed by atoms with Gasteiger partial charge in [0.05, 0.1) is 16.8 Å². The number of hydrogen-bond donors (Lipinski definition) is 1. The summed E-state index contributed by atoms with van der Waals surface area (Å²) in [7, 11) is 0. The Morgan fingerprint density at radius 2 is 2.00 bits per heavy atom. The SMILES string of the molecule is NC(Cc1cc(F)ccc1Cl)c1ccc(Cl)cn1. The molecule has 0 saturated carbocycles. The molecule has 0 aliphatic heterocycles. The van der Waals surface area contributed by atoms with Crippen LogP contribution in [0.1, 0.15) is 17.3 Å². The van der Waals surface area contributed by atoms with Gasteiger partial charge in [-0.3, -0.25) is 4.98 Å². The topological polar surface area (TPSA) is 38.9 Å². The molecule has 0 spiro atoms. The number of nitrogens with two attached hydrogens (primary N) is 1. The quantitative estimate of drug-likeness (QED) is 0.932. The van der Waals surface area contributed by atoms with Crippen LogP contribution in [-0.2, 0) is 6.42 Å². The smallest absolute Gasteiger partial charge is 0.123 e. The molecule has 1 aromatic heterocycles. The molecular weight excluding hydrogens is 274 g/mol. The first-order chi connectivity index (χ1) is 8.56. The van der Waals surface area contributed by atoms with Gasteiger partial charge >= 0.3 is 0 Å².